The topological polar surface area (TPSA) is 106 Å². The maximum Gasteiger partial charge on any atom is 0.321 e. The number of aromatic nitrogens is 2. The summed E-state index contributed by atoms with van der Waals surface area (Å²) >= 11 is 1.32. The molecule has 0 bridgehead atoms. The molecule has 1 aromatic carbocycles. The summed E-state index contributed by atoms with van der Waals surface area (Å²) in [6.07, 6.45) is 2.80. The van der Waals surface area contributed by atoms with Crippen LogP contribution in [-0.2, 0) is 17.9 Å². The minimum Gasteiger partial charge on any atom is -0.467 e. The van der Waals surface area contributed by atoms with Crippen molar-refractivity contribution in [1.82, 2.24) is 20.2 Å². The Labute approximate surface area is 168 Å². The van der Waals surface area contributed by atoms with Crippen molar-refractivity contribution in [3.63, 3.8) is 0 Å². The number of benzene rings is 1. The lowest BCUT2D eigenvalue weighted by molar-refractivity contribution is -0.120. The van der Waals surface area contributed by atoms with Gasteiger partial charge in [-0.25, -0.2) is 9.78 Å². The fraction of sp³-hybridized carbons (Fsp3) is 0.100. The second kappa shape index (κ2) is 8.11. The molecule has 3 heterocycles. The van der Waals surface area contributed by atoms with Gasteiger partial charge < -0.3 is 9.73 Å². The van der Waals surface area contributed by atoms with Crippen LogP contribution in [0.4, 0.5) is 4.79 Å². The number of fused-ring (bicyclic) bond motifs is 1. The maximum atomic E-state index is 12.7. The van der Waals surface area contributed by atoms with Gasteiger partial charge in [0.05, 0.1) is 24.7 Å². The van der Waals surface area contributed by atoms with Crippen LogP contribution >= 0.6 is 11.3 Å². The van der Waals surface area contributed by atoms with E-state index in [-0.39, 0.29) is 18.6 Å². The normalized spacial score (nSPS) is 10.8. The molecule has 9 heteroatoms. The highest BCUT2D eigenvalue weighted by atomic mass is 32.1. The summed E-state index contributed by atoms with van der Waals surface area (Å²) in [5, 5.41) is 4.68. The fourth-order valence-corrected chi connectivity index (χ4v) is 3.81. The number of nitrogens with one attached hydrogen (secondary N) is 2. The quantitative estimate of drug-likeness (QED) is 0.528. The van der Waals surface area contributed by atoms with Gasteiger partial charge in [-0.2, -0.15) is 0 Å². The molecule has 0 atom stereocenters. The molecule has 0 unspecified atom stereocenters. The molecule has 0 saturated heterocycles. The molecule has 0 saturated carbocycles. The number of urea groups is 1. The number of nitrogens with zero attached hydrogens (tertiary/aromatic N) is 2. The van der Waals surface area contributed by atoms with Gasteiger partial charge in [0, 0.05) is 4.88 Å². The van der Waals surface area contributed by atoms with Gasteiger partial charge in [-0.15, -0.1) is 11.3 Å². The Kier molecular flexibility index (Phi) is 5.21. The average Bonchev–Trinajstić information content (AvgIpc) is 3.39. The van der Waals surface area contributed by atoms with E-state index >= 15 is 0 Å². The molecule has 2 N–H and O–H groups in total. The number of rotatable bonds is 5. The van der Waals surface area contributed by atoms with Gasteiger partial charge in [0.15, 0.2) is 0 Å². The summed E-state index contributed by atoms with van der Waals surface area (Å²) in [5.41, 5.74) is 1.24. The number of imide groups is 1. The predicted molar refractivity (Wildman–Crippen MR) is 108 cm³/mol. The Balaban J connectivity index is 1.45. The van der Waals surface area contributed by atoms with Crippen molar-refractivity contribution in [3.8, 4) is 10.4 Å². The second-order valence-corrected chi connectivity index (χ2v) is 7.23. The minimum atomic E-state index is -0.670. The lowest BCUT2D eigenvalue weighted by Gasteiger charge is -2.07. The van der Waals surface area contributed by atoms with Crippen molar-refractivity contribution in [3.05, 3.63) is 77.2 Å². The van der Waals surface area contributed by atoms with Crippen molar-refractivity contribution in [2.24, 2.45) is 0 Å². The van der Waals surface area contributed by atoms with Crippen LogP contribution in [-0.4, -0.2) is 21.5 Å². The van der Waals surface area contributed by atoms with E-state index in [2.05, 4.69) is 15.6 Å². The molecule has 0 radical (unpaired) electrons. The van der Waals surface area contributed by atoms with Crippen LogP contribution in [0.2, 0.25) is 0 Å². The molecule has 29 heavy (non-hydrogen) atoms. The molecule has 0 aliphatic heterocycles. The first-order valence-electron chi connectivity index (χ1n) is 8.74. The molecule has 4 aromatic rings. The Morgan fingerprint density at radius 1 is 1.14 bits per heavy atom. The smallest absolute Gasteiger partial charge is 0.321 e. The number of amides is 3. The van der Waals surface area contributed by atoms with Crippen LogP contribution in [0.1, 0.15) is 5.76 Å². The lowest BCUT2D eigenvalue weighted by atomic mass is 10.2. The van der Waals surface area contributed by atoms with E-state index in [9.17, 15) is 14.4 Å². The van der Waals surface area contributed by atoms with Crippen LogP contribution in [0.3, 0.4) is 0 Å². The van der Waals surface area contributed by atoms with Gasteiger partial charge in [0.25, 0.3) is 5.56 Å². The largest absolute Gasteiger partial charge is 0.467 e. The highest BCUT2D eigenvalue weighted by Crippen LogP contribution is 2.30. The highest BCUT2D eigenvalue weighted by Gasteiger charge is 2.14. The summed E-state index contributed by atoms with van der Waals surface area (Å²) in [4.78, 5) is 41.8. The molecule has 146 valence electrons. The summed E-state index contributed by atoms with van der Waals surface area (Å²) in [5.74, 6) is -0.0598. The van der Waals surface area contributed by atoms with Gasteiger partial charge in [0.1, 0.15) is 17.0 Å². The third-order valence-corrected chi connectivity index (χ3v) is 5.29. The number of thiophene rings is 1. The number of carbonyl (C=O) groups excluding carboxylic acids is 2. The van der Waals surface area contributed by atoms with E-state index in [1.165, 1.54) is 28.5 Å². The Hall–Kier alpha value is -3.72. The average molecular weight is 408 g/mol. The Morgan fingerprint density at radius 2 is 1.97 bits per heavy atom. The Bertz CT molecular complexity index is 1210. The molecular formula is C20H16N4O4S. The van der Waals surface area contributed by atoms with E-state index in [1.54, 1.807) is 12.1 Å². The van der Waals surface area contributed by atoms with Crippen molar-refractivity contribution < 1.29 is 14.0 Å². The number of hydrogen-bond acceptors (Lipinski definition) is 6. The monoisotopic (exact) mass is 408 g/mol. The summed E-state index contributed by atoms with van der Waals surface area (Å²) in [7, 11) is 0. The molecule has 8 nitrogen and oxygen atoms in total. The van der Waals surface area contributed by atoms with Gasteiger partial charge in [0.2, 0.25) is 5.91 Å². The van der Waals surface area contributed by atoms with E-state index in [4.69, 9.17) is 4.42 Å². The van der Waals surface area contributed by atoms with Crippen molar-refractivity contribution in [2.45, 2.75) is 13.1 Å². The van der Waals surface area contributed by atoms with E-state index in [1.807, 2.05) is 36.4 Å². The first-order valence-corrected chi connectivity index (χ1v) is 9.56. The maximum absolute atomic E-state index is 12.7. The Morgan fingerprint density at radius 3 is 2.72 bits per heavy atom. The fourth-order valence-electron chi connectivity index (χ4n) is 2.75. The lowest BCUT2D eigenvalue weighted by Crippen LogP contribution is -2.41. The van der Waals surface area contributed by atoms with Gasteiger partial charge in [-0.3, -0.25) is 19.5 Å². The number of furan rings is 1. The number of carbonyl (C=O) groups is 2. The third kappa shape index (κ3) is 4.25. The molecule has 3 amide bonds. The van der Waals surface area contributed by atoms with Crippen LogP contribution in [0.15, 0.2) is 70.3 Å². The number of hydrogen-bond donors (Lipinski definition) is 2. The zero-order valence-electron chi connectivity index (χ0n) is 15.1. The summed E-state index contributed by atoms with van der Waals surface area (Å²) < 4.78 is 6.74. The van der Waals surface area contributed by atoms with Gasteiger partial charge >= 0.3 is 6.03 Å². The van der Waals surface area contributed by atoms with E-state index in [0.717, 1.165) is 10.4 Å². The van der Waals surface area contributed by atoms with E-state index < -0.39 is 11.9 Å². The first-order chi connectivity index (χ1) is 14.1. The molecular weight excluding hydrogens is 392 g/mol. The zero-order chi connectivity index (χ0) is 20.2. The molecule has 3 aromatic heterocycles. The molecule has 0 spiro atoms. The van der Waals surface area contributed by atoms with Crippen molar-refractivity contribution >= 4 is 33.5 Å². The SMILES string of the molecule is O=C(Cn1cnc2cc(-c3ccccc3)sc2c1=O)NC(=O)NCc1ccco1. The van der Waals surface area contributed by atoms with Crippen molar-refractivity contribution in [2.75, 3.05) is 0 Å². The van der Waals surface area contributed by atoms with Gasteiger partial charge in [-0.1, -0.05) is 30.3 Å². The van der Waals surface area contributed by atoms with Crippen LogP contribution < -0.4 is 16.2 Å². The van der Waals surface area contributed by atoms with Crippen LogP contribution in [0, 0.1) is 0 Å². The third-order valence-electron chi connectivity index (χ3n) is 4.13. The van der Waals surface area contributed by atoms with Crippen LogP contribution in [0.25, 0.3) is 20.7 Å². The first kappa shape index (κ1) is 18.6. The molecule has 0 fully saturated rings. The second-order valence-electron chi connectivity index (χ2n) is 6.18. The summed E-state index contributed by atoms with van der Waals surface area (Å²) in [6, 6.07) is 14.3. The van der Waals surface area contributed by atoms with Crippen molar-refractivity contribution in [1.29, 1.82) is 0 Å². The molecule has 4 rings (SSSR count). The molecule has 0 aliphatic carbocycles. The minimum absolute atomic E-state index is 0.150. The van der Waals surface area contributed by atoms with Crippen LogP contribution in [0.5, 0.6) is 0 Å². The molecule has 0 aliphatic rings. The standard InChI is InChI=1S/C20H16N4O4S/c25-17(23-20(27)21-10-14-7-4-8-28-14)11-24-12-22-15-9-16(29-18(15)19(24)26)13-5-2-1-3-6-13/h1-9,12H,10-11H2,(H2,21,23,25,27). The van der Waals surface area contributed by atoms with Gasteiger partial charge in [-0.05, 0) is 23.8 Å². The zero-order valence-corrected chi connectivity index (χ0v) is 15.9. The van der Waals surface area contributed by atoms with E-state index in [0.29, 0.717) is 16.0 Å². The highest BCUT2D eigenvalue weighted by molar-refractivity contribution is 7.22. The summed E-state index contributed by atoms with van der Waals surface area (Å²) in [6.45, 7) is -0.161. The predicted octanol–water partition coefficient (Wildman–Crippen LogP) is 2.74.